The first-order valence-corrected chi connectivity index (χ1v) is 7.29. The monoisotopic (exact) mass is 302 g/mol. The van der Waals surface area contributed by atoms with E-state index >= 15 is 0 Å². The van der Waals surface area contributed by atoms with Crippen LogP contribution in [-0.2, 0) is 6.54 Å². The molecule has 0 saturated carbocycles. The molecule has 2 rings (SSSR count). The number of rotatable bonds is 4. The van der Waals surface area contributed by atoms with Gasteiger partial charge in [-0.25, -0.2) is 0 Å². The molecule has 0 heterocycles. The molecule has 110 valence electrons. The number of aryl methyl sites for hydroxylation is 1. The lowest BCUT2D eigenvalue weighted by Gasteiger charge is -2.22. The average molecular weight is 303 g/mol. The SMILES string of the molecule is CCN(Cc1ccccc1N)C(=O)c1ccc(C)cc1Cl. The summed E-state index contributed by atoms with van der Waals surface area (Å²) in [4.78, 5) is 14.4. The van der Waals surface area contributed by atoms with Gasteiger partial charge in [-0.15, -0.1) is 0 Å². The number of anilines is 1. The number of nitrogens with two attached hydrogens (primary N) is 1. The third kappa shape index (κ3) is 3.56. The number of halogens is 1. The van der Waals surface area contributed by atoms with Gasteiger partial charge in [-0.05, 0) is 43.2 Å². The summed E-state index contributed by atoms with van der Waals surface area (Å²) in [7, 11) is 0. The fraction of sp³-hybridized carbons (Fsp3) is 0.235. The second-order valence-corrected chi connectivity index (χ2v) is 5.41. The third-order valence-electron chi connectivity index (χ3n) is 3.44. The lowest BCUT2D eigenvalue weighted by molar-refractivity contribution is 0.0753. The molecule has 4 heteroatoms. The van der Waals surface area contributed by atoms with E-state index in [-0.39, 0.29) is 5.91 Å². The Hall–Kier alpha value is -2.00. The van der Waals surface area contributed by atoms with Crippen molar-refractivity contribution < 1.29 is 4.79 Å². The predicted molar refractivity (Wildman–Crippen MR) is 87.5 cm³/mol. The highest BCUT2D eigenvalue weighted by Crippen LogP contribution is 2.21. The first kappa shape index (κ1) is 15.4. The Kier molecular flexibility index (Phi) is 4.86. The van der Waals surface area contributed by atoms with Crippen molar-refractivity contribution in [3.8, 4) is 0 Å². The highest BCUT2D eigenvalue weighted by molar-refractivity contribution is 6.33. The smallest absolute Gasteiger partial charge is 0.255 e. The van der Waals surface area contributed by atoms with Gasteiger partial charge in [0.05, 0.1) is 10.6 Å². The largest absolute Gasteiger partial charge is 0.398 e. The number of nitrogen functional groups attached to an aromatic ring is 1. The van der Waals surface area contributed by atoms with Gasteiger partial charge < -0.3 is 10.6 Å². The number of carbonyl (C=O) groups is 1. The van der Waals surface area contributed by atoms with E-state index in [4.69, 9.17) is 17.3 Å². The first-order chi connectivity index (χ1) is 10.0. The van der Waals surface area contributed by atoms with E-state index < -0.39 is 0 Å². The van der Waals surface area contributed by atoms with Crippen molar-refractivity contribution >= 4 is 23.2 Å². The van der Waals surface area contributed by atoms with E-state index in [1.54, 1.807) is 17.0 Å². The fourth-order valence-electron chi connectivity index (χ4n) is 2.17. The minimum Gasteiger partial charge on any atom is -0.398 e. The lowest BCUT2D eigenvalue weighted by atomic mass is 10.1. The van der Waals surface area contributed by atoms with Crippen LogP contribution in [0.5, 0.6) is 0 Å². The van der Waals surface area contributed by atoms with Crippen molar-refractivity contribution in [3.63, 3.8) is 0 Å². The number of amides is 1. The van der Waals surface area contributed by atoms with E-state index in [0.29, 0.717) is 29.4 Å². The van der Waals surface area contributed by atoms with Crippen molar-refractivity contribution in [2.45, 2.75) is 20.4 Å². The Labute approximate surface area is 130 Å². The number of nitrogens with zero attached hydrogens (tertiary/aromatic N) is 1. The molecule has 3 nitrogen and oxygen atoms in total. The Bertz CT molecular complexity index is 655. The number of carbonyl (C=O) groups excluding carboxylic acids is 1. The zero-order valence-corrected chi connectivity index (χ0v) is 13.0. The molecule has 0 aliphatic rings. The standard InChI is InChI=1S/C17H19ClN2O/c1-3-20(11-13-6-4-5-7-16(13)19)17(21)14-9-8-12(2)10-15(14)18/h4-10H,3,11,19H2,1-2H3. The van der Waals surface area contributed by atoms with Gasteiger partial charge in [0.25, 0.3) is 5.91 Å². The van der Waals surface area contributed by atoms with E-state index in [1.807, 2.05) is 44.2 Å². The van der Waals surface area contributed by atoms with Crippen LogP contribution in [0.4, 0.5) is 5.69 Å². The van der Waals surface area contributed by atoms with Crippen molar-refractivity contribution in [2.75, 3.05) is 12.3 Å². The van der Waals surface area contributed by atoms with E-state index in [1.165, 1.54) is 0 Å². The van der Waals surface area contributed by atoms with Crippen molar-refractivity contribution in [1.29, 1.82) is 0 Å². The molecule has 0 atom stereocenters. The highest BCUT2D eigenvalue weighted by Gasteiger charge is 2.18. The minimum atomic E-state index is -0.0780. The van der Waals surface area contributed by atoms with Gasteiger partial charge >= 0.3 is 0 Å². The van der Waals surface area contributed by atoms with Gasteiger partial charge in [0, 0.05) is 18.8 Å². The predicted octanol–water partition coefficient (Wildman–Crippen LogP) is 3.89. The summed E-state index contributed by atoms with van der Waals surface area (Å²) in [6, 6.07) is 13.0. The zero-order valence-electron chi connectivity index (χ0n) is 12.3. The van der Waals surface area contributed by atoms with Crippen LogP contribution in [0.15, 0.2) is 42.5 Å². The molecule has 0 aliphatic heterocycles. The second kappa shape index (κ2) is 6.64. The average Bonchev–Trinajstić information content (AvgIpc) is 2.46. The maximum atomic E-state index is 12.6. The summed E-state index contributed by atoms with van der Waals surface area (Å²) >= 11 is 6.19. The molecule has 2 N–H and O–H groups in total. The summed E-state index contributed by atoms with van der Waals surface area (Å²) < 4.78 is 0. The molecular weight excluding hydrogens is 284 g/mol. The number of hydrogen-bond donors (Lipinski definition) is 1. The summed E-state index contributed by atoms with van der Waals surface area (Å²) in [5.74, 6) is -0.0780. The normalized spacial score (nSPS) is 10.4. The maximum Gasteiger partial charge on any atom is 0.255 e. The van der Waals surface area contributed by atoms with Crippen LogP contribution in [0.3, 0.4) is 0 Å². The van der Waals surface area contributed by atoms with Crippen LogP contribution >= 0.6 is 11.6 Å². The Morgan fingerprint density at radius 1 is 1.24 bits per heavy atom. The quantitative estimate of drug-likeness (QED) is 0.871. The molecule has 0 aliphatic carbocycles. The maximum absolute atomic E-state index is 12.6. The van der Waals surface area contributed by atoms with Gasteiger partial charge in [0.15, 0.2) is 0 Å². The number of hydrogen-bond acceptors (Lipinski definition) is 2. The Morgan fingerprint density at radius 2 is 1.95 bits per heavy atom. The van der Waals surface area contributed by atoms with Crippen LogP contribution in [0, 0.1) is 6.92 Å². The van der Waals surface area contributed by atoms with Crippen LogP contribution in [0.25, 0.3) is 0 Å². The van der Waals surface area contributed by atoms with Gasteiger partial charge in [-0.1, -0.05) is 35.9 Å². The molecular formula is C17H19ClN2O. The molecule has 0 unspecified atom stereocenters. The molecule has 0 radical (unpaired) electrons. The molecule has 21 heavy (non-hydrogen) atoms. The zero-order chi connectivity index (χ0) is 15.4. The third-order valence-corrected chi connectivity index (χ3v) is 3.75. The molecule has 0 fully saturated rings. The highest BCUT2D eigenvalue weighted by atomic mass is 35.5. The number of para-hydroxylation sites is 1. The van der Waals surface area contributed by atoms with Gasteiger partial charge in [-0.2, -0.15) is 0 Å². The Balaban J connectivity index is 2.25. The van der Waals surface area contributed by atoms with Crippen molar-refractivity contribution in [2.24, 2.45) is 0 Å². The van der Waals surface area contributed by atoms with E-state index in [9.17, 15) is 4.79 Å². The molecule has 0 aromatic heterocycles. The van der Waals surface area contributed by atoms with Crippen molar-refractivity contribution in [1.82, 2.24) is 4.90 Å². The van der Waals surface area contributed by atoms with Crippen molar-refractivity contribution in [3.05, 3.63) is 64.2 Å². The summed E-state index contributed by atoms with van der Waals surface area (Å²) in [5.41, 5.74) is 9.14. The van der Waals surface area contributed by atoms with Gasteiger partial charge in [-0.3, -0.25) is 4.79 Å². The molecule has 1 amide bonds. The summed E-state index contributed by atoms with van der Waals surface area (Å²) in [6.07, 6.45) is 0. The summed E-state index contributed by atoms with van der Waals surface area (Å²) in [6.45, 7) is 4.96. The second-order valence-electron chi connectivity index (χ2n) is 5.00. The Morgan fingerprint density at radius 3 is 2.57 bits per heavy atom. The first-order valence-electron chi connectivity index (χ1n) is 6.91. The van der Waals surface area contributed by atoms with E-state index in [0.717, 1.165) is 11.1 Å². The summed E-state index contributed by atoms with van der Waals surface area (Å²) in [5, 5.41) is 0.486. The molecule has 2 aromatic rings. The van der Waals surface area contributed by atoms with E-state index in [2.05, 4.69) is 0 Å². The van der Waals surface area contributed by atoms with Crippen LogP contribution < -0.4 is 5.73 Å². The molecule has 2 aromatic carbocycles. The minimum absolute atomic E-state index is 0.0780. The molecule has 0 saturated heterocycles. The number of benzene rings is 2. The topological polar surface area (TPSA) is 46.3 Å². The fourth-order valence-corrected chi connectivity index (χ4v) is 2.49. The lowest BCUT2D eigenvalue weighted by Crippen LogP contribution is -2.30. The van der Waals surface area contributed by atoms with Crippen LogP contribution in [-0.4, -0.2) is 17.4 Å². The molecule has 0 spiro atoms. The van der Waals surface area contributed by atoms with Crippen LogP contribution in [0.1, 0.15) is 28.4 Å². The molecule has 0 bridgehead atoms. The van der Waals surface area contributed by atoms with Crippen LogP contribution in [0.2, 0.25) is 5.02 Å². The van der Waals surface area contributed by atoms with Gasteiger partial charge in [0.1, 0.15) is 0 Å². The van der Waals surface area contributed by atoms with Gasteiger partial charge in [0.2, 0.25) is 0 Å².